The molecule has 0 aromatic rings. The lowest BCUT2D eigenvalue weighted by atomic mass is 9.91. The molecule has 0 saturated heterocycles. The fourth-order valence-corrected chi connectivity index (χ4v) is 1.11. The summed E-state index contributed by atoms with van der Waals surface area (Å²) in [4.78, 5) is 11.7. The van der Waals surface area contributed by atoms with Gasteiger partial charge in [0.2, 0.25) is 0 Å². The average Bonchev–Trinajstić information content (AvgIpc) is 2.17. The molecule has 4 nitrogen and oxygen atoms in total. The maximum absolute atomic E-state index is 11.7. The second-order valence-corrected chi connectivity index (χ2v) is 5.48. The van der Waals surface area contributed by atoms with Gasteiger partial charge >= 0.3 is 5.97 Å². The largest absolute Gasteiger partial charge is 0.459 e. The molecular formula is C12H26NO3+. The van der Waals surface area contributed by atoms with Crippen molar-refractivity contribution in [2.45, 2.75) is 27.2 Å². The van der Waals surface area contributed by atoms with Gasteiger partial charge in [-0.25, -0.2) is 0 Å². The molecule has 96 valence electrons. The van der Waals surface area contributed by atoms with Crippen LogP contribution in [0.3, 0.4) is 0 Å². The van der Waals surface area contributed by atoms with Gasteiger partial charge in [0.15, 0.2) is 0 Å². The molecule has 0 spiro atoms. The summed E-state index contributed by atoms with van der Waals surface area (Å²) in [6, 6.07) is 0. The van der Waals surface area contributed by atoms with Crippen molar-refractivity contribution in [1.82, 2.24) is 0 Å². The van der Waals surface area contributed by atoms with Crippen LogP contribution in [-0.4, -0.2) is 56.0 Å². The third-order valence-corrected chi connectivity index (χ3v) is 3.07. The number of likely N-dealkylation sites (N-methyl/N-ethyl adjacent to an activating group) is 1. The van der Waals surface area contributed by atoms with Crippen molar-refractivity contribution in [1.29, 1.82) is 0 Å². The molecule has 0 fully saturated rings. The third kappa shape index (κ3) is 5.47. The van der Waals surface area contributed by atoms with Crippen molar-refractivity contribution < 1.29 is 19.1 Å². The lowest BCUT2D eigenvalue weighted by Gasteiger charge is -2.29. The summed E-state index contributed by atoms with van der Waals surface area (Å²) < 4.78 is 5.91. The van der Waals surface area contributed by atoms with Crippen molar-refractivity contribution >= 4 is 5.97 Å². The number of rotatable bonds is 7. The zero-order valence-corrected chi connectivity index (χ0v) is 11.2. The van der Waals surface area contributed by atoms with E-state index in [2.05, 4.69) is 0 Å². The van der Waals surface area contributed by atoms with Gasteiger partial charge in [-0.15, -0.1) is 0 Å². The number of esters is 1. The Labute approximate surface area is 98.8 Å². The molecule has 16 heavy (non-hydrogen) atoms. The van der Waals surface area contributed by atoms with E-state index in [0.717, 1.165) is 13.0 Å². The molecule has 4 heteroatoms. The molecule has 0 aliphatic rings. The Hall–Kier alpha value is -0.610. The van der Waals surface area contributed by atoms with Gasteiger partial charge in [-0.1, -0.05) is 6.92 Å². The van der Waals surface area contributed by atoms with Crippen LogP contribution in [0.15, 0.2) is 0 Å². The molecule has 1 N–H and O–H groups in total. The van der Waals surface area contributed by atoms with E-state index in [1.54, 1.807) is 0 Å². The number of aliphatic hydroxyl groups excluding tert-OH is 1. The molecule has 0 aromatic heterocycles. The zero-order chi connectivity index (χ0) is 12.8. The molecular weight excluding hydrogens is 206 g/mol. The van der Waals surface area contributed by atoms with Gasteiger partial charge in [0.25, 0.3) is 0 Å². The number of hydrogen-bond donors (Lipinski definition) is 1. The van der Waals surface area contributed by atoms with Crippen LogP contribution in [-0.2, 0) is 9.53 Å². The predicted molar refractivity (Wildman–Crippen MR) is 64.0 cm³/mol. The second kappa shape index (κ2) is 6.21. The van der Waals surface area contributed by atoms with Crippen LogP contribution in [0.4, 0.5) is 0 Å². The van der Waals surface area contributed by atoms with E-state index in [1.165, 1.54) is 0 Å². The zero-order valence-electron chi connectivity index (χ0n) is 11.2. The Kier molecular flexibility index (Phi) is 5.97. The fourth-order valence-electron chi connectivity index (χ4n) is 1.11. The highest BCUT2D eigenvalue weighted by atomic mass is 16.5. The number of aliphatic hydroxyl groups is 1. The van der Waals surface area contributed by atoms with Crippen LogP contribution >= 0.6 is 0 Å². The highest BCUT2D eigenvalue weighted by molar-refractivity contribution is 5.75. The Bertz CT molecular complexity index is 224. The van der Waals surface area contributed by atoms with Crippen LogP contribution < -0.4 is 0 Å². The standard InChI is InChI=1S/C12H26NO3/c1-6-12(2,3)11(15)16-10-8-13(4,5)7-9-14/h14H,6-10H2,1-5H3/q+1. The van der Waals surface area contributed by atoms with Crippen molar-refractivity contribution in [3.8, 4) is 0 Å². The maximum Gasteiger partial charge on any atom is 0.311 e. The minimum atomic E-state index is -0.395. The van der Waals surface area contributed by atoms with E-state index in [9.17, 15) is 4.79 Å². The summed E-state index contributed by atoms with van der Waals surface area (Å²) in [6.45, 7) is 7.73. The molecule has 0 amide bonds. The molecule has 0 atom stereocenters. The molecule has 0 aliphatic carbocycles. The Morgan fingerprint density at radius 2 is 1.88 bits per heavy atom. The summed E-state index contributed by atoms with van der Waals surface area (Å²) in [5, 5.41) is 8.85. The van der Waals surface area contributed by atoms with Gasteiger partial charge in [0, 0.05) is 0 Å². The van der Waals surface area contributed by atoms with Gasteiger partial charge in [-0.05, 0) is 20.3 Å². The highest BCUT2D eigenvalue weighted by Gasteiger charge is 2.27. The van der Waals surface area contributed by atoms with Crippen LogP contribution in [0, 0.1) is 5.41 Å². The van der Waals surface area contributed by atoms with E-state index in [0.29, 0.717) is 17.6 Å². The molecule has 0 aromatic carbocycles. The lowest BCUT2D eigenvalue weighted by Crippen LogP contribution is -2.45. The van der Waals surface area contributed by atoms with Gasteiger partial charge in [0.05, 0.1) is 26.1 Å². The lowest BCUT2D eigenvalue weighted by molar-refractivity contribution is -0.890. The van der Waals surface area contributed by atoms with Crippen molar-refractivity contribution in [2.75, 3.05) is 40.4 Å². The summed E-state index contributed by atoms with van der Waals surface area (Å²) in [6.07, 6.45) is 0.778. The highest BCUT2D eigenvalue weighted by Crippen LogP contribution is 2.21. The first-order valence-electron chi connectivity index (χ1n) is 5.85. The van der Waals surface area contributed by atoms with Crippen molar-refractivity contribution in [3.05, 3.63) is 0 Å². The van der Waals surface area contributed by atoms with E-state index >= 15 is 0 Å². The molecule has 0 rings (SSSR count). The summed E-state index contributed by atoms with van der Waals surface area (Å²) in [5.41, 5.74) is -0.395. The van der Waals surface area contributed by atoms with Gasteiger partial charge in [-0.3, -0.25) is 4.79 Å². The molecule has 0 bridgehead atoms. The number of nitrogens with zero attached hydrogens (tertiary/aromatic N) is 1. The van der Waals surface area contributed by atoms with Gasteiger partial charge in [0.1, 0.15) is 19.7 Å². The number of ether oxygens (including phenoxy) is 1. The maximum atomic E-state index is 11.7. The van der Waals surface area contributed by atoms with Crippen LogP contribution in [0.2, 0.25) is 0 Å². The number of carbonyl (C=O) groups excluding carboxylic acids is 1. The monoisotopic (exact) mass is 232 g/mol. The number of carbonyl (C=O) groups is 1. The first-order chi connectivity index (χ1) is 7.25. The van der Waals surface area contributed by atoms with Gasteiger partial charge < -0.3 is 14.3 Å². The Morgan fingerprint density at radius 1 is 1.31 bits per heavy atom. The minimum absolute atomic E-state index is 0.140. The molecule has 0 unspecified atom stereocenters. The number of quaternary nitrogens is 1. The molecule has 0 saturated carbocycles. The Balaban J connectivity index is 3.95. The summed E-state index contributed by atoms with van der Waals surface area (Å²) >= 11 is 0. The Morgan fingerprint density at radius 3 is 2.31 bits per heavy atom. The van der Waals surface area contributed by atoms with Crippen molar-refractivity contribution in [3.63, 3.8) is 0 Å². The van der Waals surface area contributed by atoms with Crippen LogP contribution in [0.25, 0.3) is 0 Å². The molecule has 0 radical (unpaired) electrons. The smallest absolute Gasteiger partial charge is 0.311 e. The van der Waals surface area contributed by atoms with E-state index in [1.807, 2.05) is 34.9 Å². The number of hydrogen-bond acceptors (Lipinski definition) is 3. The predicted octanol–water partition coefficient (Wildman–Crippen LogP) is 1.03. The topological polar surface area (TPSA) is 46.5 Å². The SMILES string of the molecule is CCC(C)(C)C(=O)OCC[N+](C)(C)CCO. The quantitative estimate of drug-likeness (QED) is 0.527. The summed E-state index contributed by atoms with van der Waals surface area (Å²) in [5.74, 6) is -0.140. The molecule has 0 heterocycles. The fraction of sp³-hybridized carbons (Fsp3) is 0.917. The molecule has 0 aliphatic heterocycles. The summed E-state index contributed by atoms with van der Waals surface area (Å²) in [7, 11) is 4.02. The van der Waals surface area contributed by atoms with Crippen LogP contribution in [0.5, 0.6) is 0 Å². The van der Waals surface area contributed by atoms with E-state index < -0.39 is 5.41 Å². The van der Waals surface area contributed by atoms with Gasteiger partial charge in [-0.2, -0.15) is 0 Å². The minimum Gasteiger partial charge on any atom is -0.459 e. The van der Waals surface area contributed by atoms with Crippen molar-refractivity contribution in [2.24, 2.45) is 5.41 Å². The van der Waals surface area contributed by atoms with Crippen LogP contribution in [0.1, 0.15) is 27.2 Å². The third-order valence-electron chi connectivity index (χ3n) is 3.07. The second-order valence-electron chi connectivity index (χ2n) is 5.48. The first kappa shape index (κ1) is 15.4. The van der Waals surface area contributed by atoms with E-state index in [-0.39, 0.29) is 12.6 Å². The normalized spacial score (nSPS) is 12.6. The first-order valence-corrected chi connectivity index (χ1v) is 5.85. The van der Waals surface area contributed by atoms with E-state index in [4.69, 9.17) is 9.84 Å². The average molecular weight is 232 g/mol.